The van der Waals surface area contributed by atoms with Crippen LogP contribution in [0, 0.1) is 0 Å². The first-order chi connectivity index (χ1) is 38.3. The largest absolute Gasteiger partial charge is 0.356 e. The molecule has 0 unspecified atom stereocenters. The standard InChI is InChI=1S/C64H64N8O2S4/c1-67-55-27-13-15-29-57(55)77-61(67)43-47-45-63(71(49-19-5-3-6-20-49)53-25-11-9-23-51(47)53)75-41-31-59(73)65-33-17-35-69-37-39-70(40-38-69)36-18-34-66-60(74)32-42-76-64-46-48(44-62-68(2)56-28-14-16-30-58(56)78-62)52-24-10-12-26-54(52)72(64)50-21-7-4-8-22-50/h3-16,19-30,43-46H,17-18,31-42H2,1-2H3/p+2. The van der Waals surface area contributed by atoms with E-state index in [1.807, 2.05) is 0 Å². The van der Waals surface area contributed by atoms with Gasteiger partial charge in [-0.1, -0.05) is 132 Å². The summed E-state index contributed by atoms with van der Waals surface area (Å²) in [5.74, 6) is 1.54. The Morgan fingerprint density at radius 2 is 0.897 bits per heavy atom. The Morgan fingerprint density at radius 1 is 0.513 bits per heavy atom. The topological polar surface area (TPSA) is 78.9 Å². The van der Waals surface area contributed by atoms with Gasteiger partial charge in [0.25, 0.3) is 0 Å². The van der Waals surface area contributed by atoms with Gasteiger partial charge in [-0.05, 0) is 85.6 Å². The van der Waals surface area contributed by atoms with Crippen LogP contribution in [0.4, 0.5) is 11.4 Å². The van der Waals surface area contributed by atoms with Crippen LogP contribution in [0.15, 0.2) is 200 Å². The highest BCUT2D eigenvalue weighted by Gasteiger charge is 2.28. The maximum atomic E-state index is 13.2. The molecule has 0 saturated carbocycles. The molecule has 1 saturated heterocycles. The lowest BCUT2D eigenvalue weighted by atomic mass is 10.1. The second kappa shape index (κ2) is 25.5. The Morgan fingerprint density at radius 3 is 1.32 bits per heavy atom. The molecule has 0 radical (unpaired) electrons. The van der Waals surface area contributed by atoms with Crippen molar-refractivity contribution in [3.8, 4) is 11.4 Å². The number of piperazine rings is 1. The first-order valence-electron chi connectivity index (χ1n) is 27.1. The highest BCUT2D eigenvalue weighted by Crippen LogP contribution is 2.47. The third-order valence-electron chi connectivity index (χ3n) is 14.6. The van der Waals surface area contributed by atoms with Gasteiger partial charge in [-0.3, -0.25) is 9.59 Å². The van der Waals surface area contributed by atoms with Crippen molar-refractivity contribution in [3.63, 3.8) is 0 Å². The SMILES string of the molecule is CN1C(=Cc2cc(SCCC(=O)NCCCN3CCN(CCCNC(=O)CCSc4cc(C=C5Sc6ccccc6N5C)c5ccccc5[n+]4-c4ccccc4)CC3)[n+](-c3ccccc3)c3ccccc23)Sc2ccccc21. The first kappa shape index (κ1) is 53.5. The molecule has 14 heteroatoms. The second-order valence-corrected chi connectivity index (χ2v) is 24.1. The minimum absolute atomic E-state index is 0.0941. The molecule has 3 aliphatic rings. The van der Waals surface area contributed by atoms with E-state index in [0.717, 1.165) is 95.7 Å². The van der Waals surface area contributed by atoms with E-state index in [4.69, 9.17) is 0 Å². The van der Waals surface area contributed by atoms with Crippen molar-refractivity contribution >= 4 is 104 Å². The van der Waals surface area contributed by atoms with Gasteiger partial charge in [-0.2, -0.15) is 0 Å². The average Bonchev–Trinajstić information content (AvgIpc) is 4.03. The molecule has 11 rings (SSSR count). The molecule has 0 aliphatic carbocycles. The molecule has 0 bridgehead atoms. The molecule has 2 N–H and O–H groups in total. The van der Waals surface area contributed by atoms with Crippen molar-refractivity contribution in [3.05, 3.63) is 191 Å². The summed E-state index contributed by atoms with van der Waals surface area (Å²) >= 11 is 7.07. The summed E-state index contributed by atoms with van der Waals surface area (Å²) in [6.45, 7) is 7.35. The summed E-state index contributed by atoms with van der Waals surface area (Å²) in [7, 11) is 4.28. The number of thioether (sulfide) groups is 4. The fraction of sp³-hybridized carbons (Fsp3) is 0.250. The van der Waals surface area contributed by atoms with E-state index >= 15 is 0 Å². The summed E-state index contributed by atoms with van der Waals surface area (Å²) < 4.78 is 4.66. The smallest absolute Gasteiger partial charge is 0.247 e. The van der Waals surface area contributed by atoms with Crippen LogP contribution in [-0.4, -0.2) is 99.6 Å². The molecule has 8 aromatic rings. The number of hydrogen-bond acceptors (Lipinski definition) is 10. The van der Waals surface area contributed by atoms with Crippen LogP contribution in [0.25, 0.3) is 45.3 Å². The molecule has 0 spiro atoms. The number of fused-ring (bicyclic) bond motifs is 4. The van der Waals surface area contributed by atoms with Crippen LogP contribution in [0.2, 0.25) is 0 Å². The number of nitrogens with one attached hydrogen (secondary N) is 2. The van der Waals surface area contributed by atoms with E-state index in [1.54, 1.807) is 47.0 Å². The summed E-state index contributed by atoms with van der Waals surface area (Å²) in [5.41, 5.74) is 9.25. The molecule has 0 atom stereocenters. The maximum absolute atomic E-state index is 13.2. The Balaban J connectivity index is 0.610. The summed E-state index contributed by atoms with van der Waals surface area (Å²) in [6, 6.07) is 60.0. The molecule has 6 aromatic carbocycles. The zero-order chi connectivity index (χ0) is 53.2. The van der Waals surface area contributed by atoms with Gasteiger partial charge in [0.05, 0.1) is 32.2 Å². The van der Waals surface area contributed by atoms with Gasteiger partial charge in [-0.15, -0.1) is 9.13 Å². The van der Waals surface area contributed by atoms with E-state index < -0.39 is 0 Å². The molecule has 2 amide bonds. The van der Waals surface area contributed by atoms with Crippen LogP contribution in [0.1, 0.15) is 36.8 Å². The van der Waals surface area contributed by atoms with E-state index in [1.165, 1.54) is 42.0 Å². The highest BCUT2D eigenvalue weighted by molar-refractivity contribution is 8.04. The third kappa shape index (κ3) is 12.5. The predicted octanol–water partition coefficient (Wildman–Crippen LogP) is 11.9. The normalized spacial score (nSPS) is 15.6. The quantitative estimate of drug-likeness (QED) is 0.0438. The van der Waals surface area contributed by atoms with Gasteiger partial charge < -0.3 is 30.2 Å². The van der Waals surface area contributed by atoms with Crippen molar-refractivity contribution in [2.24, 2.45) is 0 Å². The lowest BCUT2D eigenvalue weighted by Crippen LogP contribution is -2.47. The zero-order valence-corrected chi connectivity index (χ0v) is 47.6. The van der Waals surface area contributed by atoms with Gasteiger partial charge in [0.1, 0.15) is 0 Å². The Bertz CT molecular complexity index is 3270. The fourth-order valence-corrected chi connectivity index (χ4v) is 14.8. The first-order valence-corrected chi connectivity index (χ1v) is 30.7. The summed E-state index contributed by atoms with van der Waals surface area (Å²) in [4.78, 5) is 38.5. The van der Waals surface area contributed by atoms with Gasteiger partial charge in [0, 0.05) is 136 Å². The Kier molecular flexibility index (Phi) is 17.5. The number of carbonyl (C=O) groups is 2. The number of aromatic nitrogens is 2. The van der Waals surface area contributed by atoms with Crippen molar-refractivity contribution < 1.29 is 18.7 Å². The second-order valence-electron chi connectivity index (χ2n) is 19.8. The number of pyridine rings is 2. The highest BCUT2D eigenvalue weighted by atomic mass is 32.2. The Hall–Kier alpha value is -6.52. The molecule has 5 heterocycles. The third-order valence-corrected chi connectivity index (χ3v) is 19.0. The van der Waals surface area contributed by atoms with E-state index in [0.29, 0.717) is 37.4 Å². The minimum Gasteiger partial charge on any atom is -0.356 e. The van der Waals surface area contributed by atoms with Crippen molar-refractivity contribution in [2.75, 3.05) is 87.8 Å². The maximum Gasteiger partial charge on any atom is 0.247 e. The van der Waals surface area contributed by atoms with Crippen LogP contribution in [0.5, 0.6) is 0 Å². The van der Waals surface area contributed by atoms with Gasteiger partial charge in [-0.25, -0.2) is 0 Å². The van der Waals surface area contributed by atoms with Gasteiger partial charge >= 0.3 is 0 Å². The van der Waals surface area contributed by atoms with Crippen LogP contribution in [-0.2, 0) is 9.59 Å². The summed E-state index contributed by atoms with van der Waals surface area (Å²) in [6.07, 6.45) is 7.35. The van der Waals surface area contributed by atoms with E-state index in [9.17, 15) is 9.59 Å². The van der Waals surface area contributed by atoms with Crippen molar-refractivity contribution in [1.29, 1.82) is 0 Å². The van der Waals surface area contributed by atoms with Crippen LogP contribution < -0.4 is 29.6 Å². The average molecular weight is 1110 g/mol. The van der Waals surface area contributed by atoms with Crippen LogP contribution in [0.3, 0.4) is 0 Å². The van der Waals surface area contributed by atoms with Crippen molar-refractivity contribution in [2.45, 2.75) is 45.5 Å². The van der Waals surface area contributed by atoms with Gasteiger partial charge in [0.2, 0.25) is 44.3 Å². The lowest BCUT2D eigenvalue weighted by Gasteiger charge is -2.34. The fourth-order valence-electron chi connectivity index (χ4n) is 10.5. The molecular weight excluding hydrogens is 1040 g/mol. The number of rotatable bonds is 20. The van der Waals surface area contributed by atoms with E-state index in [2.05, 4.69) is 235 Å². The summed E-state index contributed by atoms with van der Waals surface area (Å²) in [5, 5.41) is 13.4. The molecule has 396 valence electrons. The number of amides is 2. The monoisotopic (exact) mass is 1110 g/mol. The minimum atomic E-state index is 0.0941. The molecule has 10 nitrogen and oxygen atoms in total. The molecular formula is C64H66N8O2S4+2. The number of benzene rings is 6. The number of hydrogen-bond donors (Lipinski definition) is 2. The molecule has 1 fully saturated rings. The number of para-hydroxylation sites is 6. The molecule has 3 aliphatic heterocycles. The predicted molar refractivity (Wildman–Crippen MR) is 327 cm³/mol. The molecule has 2 aromatic heterocycles. The Labute approximate surface area is 476 Å². The number of carbonyl (C=O) groups excluding carboxylic acids is 2. The van der Waals surface area contributed by atoms with Crippen LogP contribution >= 0.6 is 47.0 Å². The lowest BCUT2D eigenvalue weighted by molar-refractivity contribution is -0.608. The van der Waals surface area contributed by atoms with Gasteiger partial charge in [0.15, 0.2) is 0 Å². The number of nitrogens with zero attached hydrogens (tertiary/aromatic N) is 6. The zero-order valence-electron chi connectivity index (χ0n) is 44.4. The van der Waals surface area contributed by atoms with Crippen molar-refractivity contribution in [1.82, 2.24) is 20.4 Å². The van der Waals surface area contributed by atoms with E-state index in [-0.39, 0.29) is 11.8 Å². The molecule has 78 heavy (non-hydrogen) atoms. The number of anilines is 2.